The number of carbonyl (C=O) groups excluding carboxylic acids is 1. The van der Waals surface area contributed by atoms with E-state index in [4.69, 9.17) is 4.74 Å². The van der Waals surface area contributed by atoms with Crippen LogP contribution in [0, 0.1) is 5.92 Å². The highest BCUT2D eigenvalue weighted by Gasteiger charge is 2.05. The predicted octanol–water partition coefficient (Wildman–Crippen LogP) is 2.08. The summed E-state index contributed by atoms with van der Waals surface area (Å²) in [5.74, 6) is 0.462. The van der Waals surface area contributed by atoms with Gasteiger partial charge in [0.1, 0.15) is 0 Å². The Morgan fingerprint density at radius 2 is 2.45 bits per heavy atom. The van der Waals surface area contributed by atoms with Crippen LogP contribution in [0.5, 0.6) is 0 Å². The fraction of sp³-hybridized carbons (Fsp3) is 0.625. The van der Waals surface area contributed by atoms with Gasteiger partial charge in [-0.25, -0.2) is 4.79 Å². The summed E-state index contributed by atoms with van der Waals surface area (Å²) in [4.78, 5) is 10.6. The molecule has 0 radical (unpaired) electrons. The largest absolute Gasteiger partial charge is 0.513 e. The zero-order chi connectivity index (χ0) is 8.10. The van der Waals surface area contributed by atoms with Gasteiger partial charge in [-0.3, -0.25) is 0 Å². The lowest BCUT2D eigenvalue weighted by atomic mass is 10.1. The number of hydrogen-bond donors (Lipinski definition) is 0. The molecular weight excluding hydrogens is 144 g/mol. The highest BCUT2D eigenvalue weighted by Crippen LogP contribution is 2.09. The van der Waals surface area contributed by atoms with Gasteiger partial charge in [-0.15, -0.1) is 0 Å². The molecule has 1 rings (SSSR count). The Morgan fingerprint density at radius 3 is 3.27 bits per heavy atom. The molecule has 0 saturated heterocycles. The van der Waals surface area contributed by atoms with Crippen LogP contribution in [-0.2, 0) is 9.47 Å². The van der Waals surface area contributed by atoms with Gasteiger partial charge in [-0.2, -0.15) is 0 Å². The molecule has 1 heterocycles. The van der Waals surface area contributed by atoms with E-state index in [1.807, 2.05) is 6.08 Å². The number of cyclic esters (lactones) is 2. The Morgan fingerprint density at radius 1 is 1.64 bits per heavy atom. The van der Waals surface area contributed by atoms with Crippen molar-refractivity contribution in [2.75, 3.05) is 6.61 Å². The molecule has 62 valence electrons. The van der Waals surface area contributed by atoms with Gasteiger partial charge in [0.05, 0.1) is 12.9 Å². The zero-order valence-electron chi connectivity index (χ0n) is 6.58. The smallest absolute Gasteiger partial charge is 0.434 e. The van der Waals surface area contributed by atoms with Crippen molar-refractivity contribution in [3.05, 3.63) is 12.3 Å². The van der Waals surface area contributed by atoms with Crippen molar-refractivity contribution in [2.45, 2.75) is 19.8 Å². The average Bonchev–Trinajstić information content (AvgIpc) is 2.04. The molecule has 0 aromatic heterocycles. The summed E-state index contributed by atoms with van der Waals surface area (Å²) in [5.41, 5.74) is 0. The van der Waals surface area contributed by atoms with Crippen LogP contribution in [0.2, 0.25) is 0 Å². The second kappa shape index (κ2) is 4.01. The van der Waals surface area contributed by atoms with Crippen molar-refractivity contribution < 1.29 is 14.3 Å². The zero-order valence-corrected chi connectivity index (χ0v) is 6.58. The van der Waals surface area contributed by atoms with Gasteiger partial charge in [0.15, 0.2) is 0 Å². The topological polar surface area (TPSA) is 35.5 Å². The van der Waals surface area contributed by atoms with Crippen molar-refractivity contribution in [1.29, 1.82) is 0 Å². The molecule has 0 aliphatic carbocycles. The molecule has 3 nitrogen and oxygen atoms in total. The SMILES string of the molecule is CC1C=COC(=O)OCCC1. The van der Waals surface area contributed by atoms with Gasteiger partial charge in [-0.05, 0) is 24.8 Å². The number of ether oxygens (including phenoxy) is 2. The molecule has 1 unspecified atom stereocenters. The molecule has 0 bridgehead atoms. The molecule has 0 aromatic rings. The third-order valence-corrected chi connectivity index (χ3v) is 1.60. The molecule has 0 spiro atoms. The third kappa shape index (κ3) is 3.07. The lowest BCUT2D eigenvalue weighted by Crippen LogP contribution is -2.03. The van der Waals surface area contributed by atoms with E-state index in [1.165, 1.54) is 6.26 Å². The summed E-state index contributed by atoms with van der Waals surface area (Å²) in [6, 6.07) is 0. The summed E-state index contributed by atoms with van der Waals surface area (Å²) in [5, 5.41) is 0. The van der Waals surface area contributed by atoms with E-state index in [2.05, 4.69) is 11.7 Å². The summed E-state index contributed by atoms with van der Waals surface area (Å²) < 4.78 is 9.29. The van der Waals surface area contributed by atoms with Crippen molar-refractivity contribution in [2.24, 2.45) is 5.92 Å². The summed E-state index contributed by atoms with van der Waals surface area (Å²) in [7, 11) is 0. The fourth-order valence-electron chi connectivity index (χ4n) is 0.920. The Hall–Kier alpha value is -0.990. The quantitative estimate of drug-likeness (QED) is 0.504. The second-order valence-corrected chi connectivity index (χ2v) is 2.66. The number of hydrogen-bond acceptors (Lipinski definition) is 3. The highest BCUT2D eigenvalue weighted by molar-refractivity contribution is 5.60. The third-order valence-electron chi connectivity index (χ3n) is 1.60. The summed E-state index contributed by atoms with van der Waals surface area (Å²) in [6.45, 7) is 2.54. The Kier molecular flexibility index (Phi) is 2.95. The molecule has 0 N–H and O–H groups in total. The van der Waals surface area contributed by atoms with E-state index in [-0.39, 0.29) is 0 Å². The average molecular weight is 156 g/mol. The molecule has 0 fully saturated rings. The van der Waals surface area contributed by atoms with E-state index in [0.29, 0.717) is 12.5 Å². The normalized spacial score (nSPS) is 25.9. The van der Waals surface area contributed by atoms with Gasteiger partial charge in [0, 0.05) is 0 Å². The monoisotopic (exact) mass is 156 g/mol. The van der Waals surface area contributed by atoms with Crippen LogP contribution in [0.4, 0.5) is 4.79 Å². The standard InChI is InChI=1S/C8H12O3/c1-7-3-2-5-10-8(9)11-6-4-7/h4,6-7H,2-3,5H2,1H3. The maximum Gasteiger partial charge on any atom is 0.513 e. The first kappa shape index (κ1) is 8.11. The Bertz CT molecular complexity index is 163. The Labute approximate surface area is 66.0 Å². The molecule has 11 heavy (non-hydrogen) atoms. The number of carbonyl (C=O) groups is 1. The molecule has 1 aliphatic heterocycles. The van der Waals surface area contributed by atoms with E-state index >= 15 is 0 Å². The van der Waals surface area contributed by atoms with Gasteiger partial charge >= 0.3 is 6.16 Å². The Balaban J connectivity index is 2.43. The van der Waals surface area contributed by atoms with Crippen LogP contribution in [0.3, 0.4) is 0 Å². The van der Waals surface area contributed by atoms with Crippen LogP contribution >= 0.6 is 0 Å². The highest BCUT2D eigenvalue weighted by atomic mass is 16.7. The van der Waals surface area contributed by atoms with Crippen LogP contribution in [-0.4, -0.2) is 12.8 Å². The summed E-state index contributed by atoms with van der Waals surface area (Å²) >= 11 is 0. The first-order chi connectivity index (χ1) is 5.29. The van der Waals surface area contributed by atoms with Crippen LogP contribution in [0.25, 0.3) is 0 Å². The van der Waals surface area contributed by atoms with Crippen LogP contribution in [0.1, 0.15) is 19.8 Å². The maximum absolute atomic E-state index is 10.6. The molecule has 3 heteroatoms. The number of allylic oxidation sites excluding steroid dienone is 1. The number of rotatable bonds is 0. The lowest BCUT2D eigenvalue weighted by Gasteiger charge is -2.01. The van der Waals surface area contributed by atoms with E-state index < -0.39 is 6.16 Å². The van der Waals surface area contributed by atoms with Crippen molar-refractivity contribution in [3.63, 3.8) is 0 Å². The maximum atomic E-state index is 10.6. The second-order valence-electron chi connectivity index (χ2n) is 2.66. The van der Waals surface area contributed by atoms with Gasteiger partial charge in [-0.1, -0.05) is 6.92 Å². The molecule has 0 amide bonds. The van der Waals surface area contributed by atoms with Crippen molar-refractivity contribution in [3.8, 4) is 0 Å². The van der Waals surface area contributed by atoms with Crippen LogP contribution in [0.15, 0.2) is 12.3 Å². The molecule has 0 saturated carbocycles. The first-order valence-electron chi connectivity index (χ1n) is 3.79. The van der Waals surface area contributed by atoms with E-state index in [1.54, 1.807) is 0 Å². The molecular formula is C8H12O3. The minimum atomic E-state index is -0.602. The minimum Gasteiger partial charge on any atom is -0.434 e. The van der Waals surface area contributed by atoms with Crippen LogP contribution < -0.4 is 0 Å². The molecule has 1 atom stereocenters. The van der Waals surface area contributed by atoms with E-state index in [9.17, 15) is 4.79 Å². The van der Waals surface area contributed by atoms with Crippen molar-refractivity contribution >= 4 is 6.16 Å². The molecule has 0 aromatic carbocycles. The summed E-state index contributed by atoms with van der Waals surface area (Å²) in [6.07, 6.45) is 4.61. The lowest BCUT2D eigenvalue weighted by molar-refractivity contribution is 0.0845. The van der Waals surface area contributed by atoms with E-state index in [0.717, 1.165) is 12.8 Å². The van der Waals surface area contributed by atoms with Gasteiger partial charge in [0.2, 0.25) is 0 Å². The van der Waals surface area contributed by atoms with Gasteiger partial charge in [0.25, 0.3) is 0 Å². The fourth-order valence-corrected chi connectivity index (χ4v) is 0.920. The van der Waals surface area contributed by atoms with Gasteiger partial charge < -0.3 is 9.47 Å². The van der Waals surface area contributed by atoms with Crippen molar-refractivity contribution in [1.82, 2.24) is 0 Å². The first-order valence-corrected chi connectivity index (χ1v) is 3.79. The predicted molar refractivity (Wildman–Crippen MR) is 40.0 cm³/mol. The minimum absolute atomic E-state index is 0.462. The molecule has 1 aliphatic rings.